The van der Waals surface area contributed by atoms with Crippen LogP contribution in [0, 0.1) is 6.92 Å². The van der Waals surface area contributed by atoms with E-state index in [1.165, 1.54) is 0 Å². The molecule has 5 nitrogen and oxygen atoms in total. The van der Waals surface area contributed by atoms with E-state index in [4.69, 9.17) is 21.1 Å². The Labute approximate surface area is 112 Å². The van der Waals surface area contributed by atoms with Gasteiger partial charge in [0.15, 0.2) is 0 Å². The van der Waals surface area contributed by atoms with Crippen molar-refractivity contribution in [2.45, 2.75) is 25.0 Å². The molecule has 6 heteroatoms. The van der Waals surface area contributed by atoms with E-state index >= 15 is 0 Å². The number of rotatable bonds is 4. The molecule has 0 aliphatic carbocycles. The van der Waals surface area contributed by atoms with E-state index in [2.05, 4.69) is 14.9 Å². The van der Waals surface area contributed by atoms with E-state index in [1.807, 2.05) is 13.0 Å². The third-order valence-electron chi connectivity index (χ3n) is 3.14. The van der Waals surface area contributed by atoms with Gasteiger partial charge in [-0.25, -0.2) is 9.97 Å². The van der Waals surface area contributed by atoms with Crippen LogP contribution in [-0.2, 0) is 15.4 Å². The lowest BCUT2D eigenvalue weighted by Gasteiger charge is -2.16. The average Bonchev–Trinajstić information content (AvgIpc) is 2.81. The van der Waals surface area contributed by atoms with Crippen molar-refractivity contribution in [2.75, 3.05) is 32.2 Å². The number of ether oxygens (including phenoxy) is 2. The van der Waals surface area contributed by atoms with Crippen molar-refractivity contribution >= 4 is 17.5 Å². The van der Waals surface area contributed by atoms with Gasteiger partial charge in [0, 0.05) is 33.0 Å². The molecule has 2 rings (SSSR count). The lowest BCUT2D eigenvalue weighted by atomic mass is 10.3. The van der Waals surface area contributed by atoms with Crippen LogP contribution in [-0.4, -0.2) is 49.5 Å². The maximum Gasteiger partial charge on any atom is 0.225 e. The number of anilines is 1. The third kappa shape index (κ3) is 2.74. The van der Waals surface area contributed by atoms with E-state index < -0.39 is 0 Å². The fraction of sp³-hybridized carbons (Fsp3) is 0.667. The molecule has 1 aliphatic rings. The Morgan fingerprint density at radius 1 is 1.28 bits per heavy atom. The normalized spacial score (nSPS) is 23.7. The summed E-state index contributed by atoms with van der Waals surface area (Å²) in [6.07, 6.45) is 0.108. The maximum absolute atomic E-state index is 5.83. The number of nitrogens with zero attached hydrogens (tertiary/aromatic N) is 3. The number of halogens is 1. The molecule has 1 aromatic rings. The Morgan fingerprint density at radius 2 is 1.89 bits per heavy atom. The third-order valence-corrected chi connectivity index (χ3v) is 3.41. The molecular weight excluding hydrogens is 254 g/mol. The van der Waals surface area contributed by atoms with Crippen molar-refractivity contribution in [3.8, 4) is 0 Å². The van der Waals surface area contributed by atoms with E-state index in [0.717, 1.165) is 24.5 Å². The molecule has 1 saturated heterocycles. The number of methoxy groups -OCH3 is 2. The quantitative estimate of drug-likeness (QED) is 0.774. The van der Waals surface area contributed by atoms with Gasteiger partial charge in [-0.15, -0.1) is 11.6 Å². The van der Waals surface area contributed by atoms with Crippen LogP contribution in [0.5, 0.6) is 0 Å². The lowest BCUT2D eigenvalue weighted by Crippen LogP contribution is -2.27. The summed E-state index contributed by atoms with van der Waals surface area (Å²) in [6.45, 7) is 3.42. The molecule has 1 fully saturated rings. The molecule has 18 heavy (non-hydrogen) atoms. The van der Waals surface area contributed by atoms with Crippen LogP contribution in [0.1, 0.15) is 11.4 Å². The van der Waals surface area contributed by atoms with Crippen LogP contribution < -0.4 is 4.90 Å². The van der Waals surface area contributed by atoms with Gasteiger partial charge in [-0.2, -0.15) is 0 Å². The molecule has 0 amide bonds. The summed E-state index contributed by atoms with van der Waals surface area (Å²) in [5.74, 6) is 1.10. The minimum absolute atomic E-state index is 0.0542. The molecule has 1 aliphatic heterocycles. The number of alkyl halides is 1. The second-order valence-corrected chi connectivity index (χ2v) is 4.65. The van der Waals surface area contributed by atoms with Crippen LogP contribution in [0.25, 0.3) is 0 Å². The first-order valence-corrected chi connectivity index (χ1v) is 6.42. The van der Waals surface area contributed by atoms with Crippen LogP contribution >= 0.6 is 11.6 Å². The van der Waals surface area contributed by atoms with Crippen LogP contribution in [0.4, 0.5) is 5.95 Å². The molecule has 2 atom stereocenters. The average molecular weight is 272 g/mol. The van der Waals surface area contributed by atoms with Crippen LogP contribution in [0.2, 0.25) is 0 Å². The molecule has 100 valence electrons. The monoisotopic (exact) mass is 271 g/mol. The largest absolute Gasteiger partial charge is 0.377 e. The van der Waals surface area contributed by atoms with Gasteiger partial charge in [0.25, 0.3) is 0 Å². The summed E-state index contributed by atoms with van der Waals surface area (Å²) in [6, 6.07) is 1.90. The van der Waals surface area contributed by atoms with E-state index in [0.29, 0.717) is 11.8 Å². The SMILES string of the molecule is COC1CN(c2nc(C)cc(CCl)n2)CC1OC. The highest BCUT2D eigenvalue weighted by atomic mass is 35.5. The molecule has 0 aromatic carbocycles. The van der Waals surface area contributed by atoms with Gasteiger partial charge in [0.05, 0.1) is 11.6 Å². The second kappa shape index (κ2) is 5.82. The number of aromatic nitrogens is 2. The van der Waals surface area contributed by atoms with Crippen molar-refractivity contribution in [2.24, 2.45) is 0 Å². The van der Waals surface area contributed by atoms with Gasteiger partial charge in [-0.1, -0.05) is 0 Å². The highest BCUT2D eigenvalue weighted by Crippen LogP contribution is 2.21. The molecule has 0 bridgehead atoms. The predicted molar refractivity (Wildman–Crippen MR) is 70.1 cm³/mol. The maximum atomic E-state index is 5.83. The zero-order valence-electron chi connectivity index (χ0n) is 10.9. The number of aryl methyl sites for hydroxylation is 1. The molecule has 0 N–H and O–H groups in total. The molecule has 0 spiro atoms. The number of hydrogen-bond donors (Lipinski definition) is 0. The molecule has 0 saturated carbocycles. The van der Waals surface area contributed by atoms with Crippen molar-refractivity contribution in [1.29, 1.82) is 0 Å². The smallest absolute Gasteiger partial charge is 0.225 e. The number of hydrogen-bond acceptors (Lipinski definition) is 5. The molecule has 1 aromatic heterocycles. The summed E-state index contributed by atoms with van der Waals surface area (Å²) >= 11 is 5.83. The van der Waals surface area contributed by atoms with Gasteiger partial charge >= 0.3 is 0 Å². The standard InChI is InChI=1S/C12H18ClN3O2/c1-8-4-9(5-13)15-12(14-8)16-6-10(17-2)11(7-16)18-3/h4,10-11H,5-7H2,1-3H3. The van der Waals surface area contributed by atoms with Gasteiger partial charge in [-0.3, -0.25) is 0 Å². The Morgan fingerprint density at radius 3 is 2.39 bits per heavy atom. The van der Waals surface area contributed by atoms with Crippen molar-refractivity contribution < 1.29 is 9.47 Å². The Kier molecular flexibility index (Phi) is 4.37. The van der Waals surface area contributed by atoms with Crippen LogP contribution in [0.3, 0.4) is 0 Å². The molecule has 2 unspecified atom stereocenters. The second-order valence-electron chi connectivity index (χ2n) is 4.39. The predicted octanol–water partition coefficient (Wildman–Crippen LogP) is 1.37. The van der Waals surface area contributed by atoms with Crippen molar-refractivity contribution in [1.82, 2.24) is 9.97 Å². The van der Waals surface area contributed by atoms with E-state index in [9.17, 15) is 0 Å². The van der Waals surface area contributed by atoms with E-state index in [1.54, 1.807) is 14.2 Å². The Bertz CT molecular complexity index is 404. The van der Waals surface area contributed by atoms with Gasteiger partial charge in [0.2, 0.25) is 5.95 Å². The zero-order chi connectivity index (χ0) is 13.1. The first-order valence-electron chi connectivity index (χ1n) is 5.89. The minimum atomic E-state index is 0.0542. The summed E-state index contributed by atoms with van der Waals surface area (Å²) in [5, 5.41) is 0. The van der Waals surface area contributed by atoms with Crippen molar-refractivity contribution in [3.05, 3.63) is 17.5 Å². The highest BCUT2D eigenvalue weighted by Gasteiger charge is 2.34. The van der Waals surface area contributed by atoms with Gasteiger partial charge < -0.3 is 14.4 Å². The molecule has 0 radical (unpaired) electrons. The first-order chi connectivity index (χ1) is 8.67. The van der Waals surface area contributed by atoms with Gasteiger partial charge in [-0.05, 0) is 13.0 Å². The lowest BCUT2D eigenvalue weighted by molar-refractivity contribution is -0.00461. The summed E-state index contributed by atoms with van der Waals surface area (Å²) < 4.78 is 10.8. The first kappa shape index (κ1) is 13.5. The van der Waals surface area contributed by atoms with Crippen molar-refractivity contribution in [3.63, 3.8) is 0 Å². The summed E-state index contributed by atoms with van der Waals surface area (Å²) in [7, 11) is 3.39. The Hall–Kier alpha value is -0.910. The highest BCUT2D eigenvalue weighted by molar-refractivity contribution is 6.16. The fourth-order valence-corrected chi connectivity index (χ4v) is 2.32. The topological polar surface area (TPSA) is 47.5 Å². The van der Waals surface area contributed by atoms with Crippen LogP contribution in [0.15, 0.2) is 6.07 Å². The summed E-state index contributed by atoms with van der Waals surface area (Å²) in [4.78, 5) is 11.0. The Balaban J connectivity index is 2.20. The fourth-order valence-electron chi connectivity index (χ4n) is 2.19. The molecule has 2 heterocycles. The summed E-state index contributed by atoms with van der Waals surface area (Å²) in [5.41, 5.74) is 1.76. The zero-order valence-corrected chi connectivity index (χ0v) is 11.6. The molecular formula is C12H18ClN3O2. The van der Waals surface area contributed by atoms with Gasteiger partial charge in [0.1, 0.15) is 12.2 Å². The van der Waals surface area contributed by atoms with E-state index in [-0.39, 0.29) is 12.2 Å². The minimum Gasteiger partial charge on any atom is -0.377 e.